The Bertz CT molecular complexity index is 1170. The van der Waals surface area contributed by atoms with Crippen molar-refractivity contribution in [2.24, 2.45) is 0 Å². The molecule has 31 heavy (non-hydrogen) atoms. The van der Waals surface area contributed by atoms with Gasteiger partial charge >= 0.3 is 0 Å². The summed E-state index contributed by atoms with van der Waals surface area (Å²) in [6.45, 7) is 6.26. The zero-order chi connectivity index (χ0) is 22.0. The molecule has 1 atom stereocenters. The van der Waals surface area contributed by atoms with E-state index >= 15 is 0 Å². The monoisotopic (exact) mass is 421 g/mol. The number of carbonyl (C=O) groups is 1. The van der Waals surface area contributed by atoms with Gasteiger partial charge in [0.25, 0.3) is 11.5 Å². The Balaban J connectivity index is 1.40. The number of carbonyl (C=O) groups excluding carboxylic acids is 1. The van der Waals surface area contributed by atoms with Gasteiger partial charge in [-0.2, -0.15) is 0 Å². The first-order valence-corrected chi connectivity index (χ1v) is 10.6. The zero-order valence-electron chi connectivity index (χ0n) is 18.1. The molecule has 162 valence electrons. The van der Waals surface area contributed by atoms with E-state index < -0.39 is 0 Å². The lowest BCUT2D eigenvalue weighted by molar-refractivity contribution is 0.0957. The van der Waals surface area contributed by atoms with Crippen LogP contribution in [0.15, 0.2) is 35.3 Å². The van der Waals surface area contributed by atoms with Crippen LogP contribution >= 0.6 is 0 Å². The van der Waals surface area contributed by atoms with E-state index in [9.17, 15) is 9.59 Å². The highest BCUT2D eigenvalue weighted by molar-refractivity contribution is 5.92. The molecule has 0 radical (unpaired) electrons. The van der Waals surface area contributed by atoms with Crippen molar-refractivity contribution in [3.05, 3.63) is 63.3 Å². The van der Waals surface area contributed by atoms with Crippen molar-refractivity contribution in [3.63, 3.8) is 0 Å². The number of nitrogens with one attached hydrogen (secondary N) is 2. The number of aromatic amines is 1. The maximum Gasteiger partial charge on any atom is 0.269 e. The summed E-state index contributed by atoms with van der Waals surface area (Å²) >= 11 is 0. The maximum absolute atomic E-state index is 12.1. The molecule has 8 nitrogen and oxygen atoms in total. The summed E-state index contributed by atoms with van der Waals surface area (Å²) in [4.78, 5) is 37.9. The highest BCUT2D eigenvalue weighted by Crippen LogP contribution is 2.23. The molecule has 8 heteroatoms. The van der Waals surface area contributed by atoms with E-state index in [0.29, 0.717) is 23.6 Å². The number of hydrogen-bond donors (Lipinski definition) is 2. The highest BCUT2D eigenvalue weighted by atomic mass is 16.5. The van der Waals surface area contributed by atoms with Crippen LogP contribution in [0.25, 0.3) is 11.0 Å². The standard InChI is InChI=1S/C23H27N5O3/c1-4-16-10-19-20(27-22(16)29)9-15(11-25-19)12-28-8-7-17(13-28)31-21-6-5-18(23(30)24-3)26-14(21)2/h5-6,9-11,17H,4,7-8,12-13H2,1-3H3,(H,24,30)(H,27,29)/t17-/m1/s1. The zero-order valence-corrected chi connectivity index (χ0v) is 18.1. The Morgan fingerprint density at radius 2 is 2.19 bits per heavy atom. The van der Waals surface area contributed by atoms with Crippen molar-refractivity contribution < 1.29 is 9.53 Å². The fourth-order valence-corrected chi connectivity index (χ4v) is 3.92. The van der Waals surface area contributed by atoms with E-state index in [2.05, 4.69) is 25.2 Å². The number of ether oxygens (including phenoxy) is 1. The first kappa shape index (κ1) is 21.0. The number of aryl methyl sites for hydroxylation is 2. The molecule has 1 aliphatic heterocycles. The molecule has 3 aromatic rings. The highest BCUT2D eigenvalue weighted by Gasteiger charge is 2.25. The van der Waals surface area contributed by atoms with E-state index in [0.717, 1.165) is 48.2 Å². The summed E-state index contributed by atoms with van der Waals surface area (Å²) in [5, 5.41) is 2.58. The van der Waals surface area contributed by atoms with Crippen LogP contribution in [0.4, 0.5) is 0 Å². The largest absolute Gasteiger partial charge is 0.487 e. The van der Waals surface area contributed by atoms with Crippen molar-refractivity contribution in [2.45, 2.75) is 39.3 Å². The molecule has 1 fully saturated rings. The number of fused-ring (bicyclic) bond motifs is 1. The second-order valence-electron chi connectivity index (χ2n) is 7.88. The first-order chi connectivity index (χ1) is 15.0. The molecule has 2 N–H and O–H groups in total. The number of H-pyrrole nitrogens is 1. The molecule has 0 aliphatic carbocycles. The molecule has 0 unspecified atom stereocenters. The van der Waals surface area contributed by atoms with Crippen LogP contribution in [0.5, 0.6) is 5.75 Å². The fraction of sp³-hybridized carbons (Fsp3) is 0.391. The Morgan fingerprint density at radius 1 is 1.35 bits per heavy atom. The average molecular weight is 422 g/mol. The van der Waals surface area contributed by atoms with Gasteiger partial charge in [-0.05, 0) is 49.6 Å². The first-order valence-electron chi connectivity index (χ1n) is 10.6. The predicted octanol–water partition coefficient (Wildman–Crippen LogP) is 2.20. The molecule has 3 aromatic heterocycles. The normalized spacial score (nSPS) is 16.5. The molecule has 4 rings (SSSR count). The van der Waals surface area contributed by atoms with Crippen LogP contribution in [0, 0.1) is 6.92 Å². The summed E-state index contributed by atoms with van der Waals surface area (Å²) in [5.41, 5.74) is 4.42. The average Bonchev–Trinajstić information content (AvgIpc) is 3.20. The molecular formula is C23H27N5O3. The van der Waals surface area contributed by atoms with E-state index in [4.69, 9.17) is 4.74 Å². The predicted molar refractivity (Wildman–Crippen MR) is 118 cm³/mol. The Hall–Kier alpha value is -3.26. The van der Waals surface area contributed by atoms with Gasteiger partial charge in [-0.3, -0.25) is 19.5 Å². The van der Waals surface area contributed by atoms with Crippen LogP contribution in [0.1, 0.15) is 40.7 Å². The van der Waals surface area contributed by atoms with Crippen LogP contribution in [0.3, 0.4) is 0 Å². The van der Waals surface area contributed by atoms with E-state index in [1.165, 1.54) is 0 Å². The minimum atomic E-state index is -0.210. The summed E-state index contributed by atoms with van der Waals surface area (Å²) in [5.74, 6) is 0.495. The lowest BCUT2D eigenvalue weighted by Gasteiger charge is -2.18. The number of amides is 1. The number of aromatic nitrogens is 3. The van der Waals surface area contributed by atoms with Gasteiger partial charge in [-0.25, -0.2) is 4.98 Å². The van der Waals surface area contributed by atoms with Crippen molar-refractivity contribution >= 4 is 16.9 Å². The minimum Gasteiger partial charge on any atom is -0.487 e. The van der Waals surface area contributed by atoms with Crippen LogP contribution in [-0.2, 0) is 13.0 Å². The lowest BCUT2D eigenvalue weighted by atomic mass is 10.1. The molecule has 0 aromatic carbocycles. The molecular weight excluding hydrogens is 394 g/mol. The lowest BCUT2D eigenvalue weighted by Crippen LogP contribution is -2.25. The van der Waals surface area contributed by atoms with Gasteiger partial charge < -0.3 is 15.0 Å². The van der Waals surface area contributed by atoms with Gasteiger partial charge in [-0.15, -0.1) is 0 Å². The van der Waals surface area contributed by atoms with Crippen LogP contribution < -0.4 is 15.6 Å². The number of rotatable bonds is 6. The topological polar surface area (TPSA) is 100 Å². The van der Waals surface area contributed by atoms with Crippen molar-refractivity contribution in [1.82, 2.24) is 25.2 Å². The molecule has 0 saturated carbocycles. The third-order valence-electron chi connectivity index (χ3n) is 5.63. The SMILES string of the molecule is CCc1cc2ncc(CN3CC[C@@H](Oc4ccc(C(=O)NC)nc4C)C3)cc2[nH]c1=O. The van der Waals surface area contributed by atoms with Gasteiger partial charge in [0.15, 0.2) is 0 Å². The summed E-state index contributed by atoms with van der Waals surface area (Å²) < 4.78 is 6.15. The Morgan fingerprint density at radius 3 is 2.94 bits per heavy atom. The van der Waals surface area contributed by atoms with Crippen molar-refractivity contribution in [3.8, 4) is 5.75 Å². The number of pyridine rings is 3. The van der Waals surface area contributed by atoms with Gasteiger partial charge in [0, 0.05) is 38.4 Å². The molecule has 1 aliphatic rings. The van der Waals surface area contributed by atoms with Crippen LogP contribution in [0.2, 0.25) is 0 Å². The third-order valence-corrected chi connectivity index (χ3v) is 5.63. The van der Waals surface area contributed by atoms with Gasteiger partial charge in [-0.1, -0.05) is 6.92 Å². The van der Waals surface area contributed by atoms with E-state index in [1.807, 2.05) is 38.2 Å². The Labute approximate surface area is 180 Å². The Kier molecular flexibility index (Phi) is 5.99. The van der Waals surface area contributed by atoms with Crippen molar-refractivity contribution in [2.75, 3.05) is 20.1 Å². The quantitative estimate of drug-likeness (QED) is 0.633. The fourth-order valence-electron chi connectivity index (χ4n) is 3.92. The minimum absolute atomic E-state index is 0.0463. The molecule has 1 amide bonds. The van der Waals surface area contributed by atoms with Gasteiger partial charge in [0.1, 0.15) is 17.5 Å². The maximum atomic E-state index is 12.1. The van der Waals surface area contributed by atoms with Gasteiger partial charge in [0.2, 0.25) is 0 Å². The number of hydrogen-bond acceptors (Lipinski definition) is 6. The summed E-state index contributed by atoms with van der Waals surface area (Å²) in [6.07, 6.45) is 3.54. The molecule has 0 bridgehead atoms. The second-order valence-corrected chi connectivity index (χ2v) is 7.88. The second kappa shape index (κ2) is 8.85. The van der Waals surface area contributed by atoms with E-state index in [-0.39, 0.29) is 17.6 Å². The molecule has 1 saturated heterocycles. The molecule has 0 spiro atoms. The third kappa shape index (κ3) is 4.59. The summed E-state index contributed by atoms with van der Waals surface area (Å²) in [7, 11) is 1.59. The smallest absolute Gasteiger partial charge is 0.269 e. The van der Waals surface area contributed by atoms with Crippen molar-refractivity contribution in [1.29, 1.82) is 0 Å². The van der Waals surface area contributed by atoms with Gasteiger partial charge in [0.05, 0.1) is 16.7 Å². The number of likely N-dealkylation sites (tertiary alicyclic amines) is 1. The van der Waals surface area contributed by atoms with E-state index in [1.54, 1.807) is 13.1 Å². The molecule has 4 heterocycles. The number of nitrogens with zero attached hydrogens (tertiary/aromatic N) is 3. The summed E-state index contributed by atoms with van der Waals surface area (Å²) in [6, 6.07) is 7.36. The van der Waals surface area contributed by atoms with Crippen LogP contribution in [-0.4, -0.2) is 52.0 Å².